The number of hydrogen-bond donors (Lipinski definition) is 1. The standard InChI is InChI=1S/C13H12Cl3NO3/c1-12(6-13(12,15)16)11(19)17-7-3-4-9(14)8(5-7)10(18)20-2/h3-5H,6H2,1-2H3,(H,17,19). The molecule has 1 fully saturated rings. The lowest BCUT2D eigenvalue weighted by Gasteiger charge is -2.13. The Hall–Kier alpha value is -0.970. The Morgan fingerprint density at radius 1 is 1.35 bits per heavy atom. The minimum atomic E-state index is -1.05. The maximum Gasteiger partial charge on any atom is 0.339 e. The first-order valence-electron chi connectivity index (χ1n) is 5.78. The van der Waals surface area contributed by atoms with Gasteiger partial charge in [-0.2, -0.15) is 0 Å². The molecule has 0 aromatic heterocycles. The van der Waals surface area contributed by atoms with E-state index in [1.807, 2.05) is 0 Å². The van der Waals surface area contributed by atoms with Crippen molar-refractivity contribution in [2.24, 2.45) is 5.41 Å². The fraction of sp³-hybridized carbons (Fsp3) is 0.385. The Morgan fingerprint density at radius 2 is 1.95 bits per heavy atom. The van der Waals surface area contributed by atoms with Crippen LogP contribution in [0.3, 0.4) is 0 Å². The number of esters is 1. The molecule has 1 aliphatic rings. The third-order valence-electron chi connectivity index (χ3n) is 3.39. The van der Waals surface area contributed by atoms with Crippen LogP contribution in [-0.4, -0.2) is 23.3 Å². The second-order valence-electron chi connectivity index (χ2n) is 4.85. The van der Waals surface area contributed by atoms with Gasteiger partial charge in [0.05, 0.1) is 23.1 Å². The van der Waals surface area contributed by atoms with E-state index in [9.17, 15) is 9.59 Å². The van der Waals surface area contributed by atoms with Gasteiger partial charge < -0.3 is 10.1 Å². The molecule has 1 unspecified atom stereocenters. The SMILES string of the molecule is COC(=O)c1cc(NC(=O)C2(C)CC2(Cl)Cl)ccc1Cl. The summed E-state index contributed by atoms with van der Waals surface area (Å²) in [5.74, 6) is -0.881. The average Bonchev–Trinajstić information content (AvgIpc) is 2.91. The van der Waals surface area contributed by atoms with Gasteiger partial charge in [-0.1, -0.05) is 11.6 Å². The van der Waals surface area contributed by atoms with Crippen LogP contribution in [0.4, 0.5) is 5.69 Å². The van der Waals surface area contributed by atoms with E-state index in [2.05, 4.69) is 10.1 Å². The first-order valence-corrected chi connectivity index (χ1v) is 6.92. The van der Waals surface area contributed by atoms with Gasteiger partial charge in [0, 0.05) is 5.69 Å². The third-order valence-corrected chi connectivity index (χ3v) is 4.82. The molecule has 1 aromatic rings. The van der Waals surface area contributed by atoms with Crippen molar-refractivity contribution in [2.75, 3.05) is 12.4 Å². The van der Waals surface area contributed by atoms with Crippen LogP contribution in [0.25, 0.3) is 0 Å². The van der Waals surface area contributed by atoms with E-state index in [4.69, 9.17) is 34.8 Å². The van der Waals surface area contributed by atoms with E-state index in [0.717, 1.165) is 0 Å². The van der Waals surface area contributed by atoms with Gasteiger partial charge in [0.25, 0.3) is 0 Å². The molecule has 1 atom stereocenters. The molecular formula is C13H12Cl3NO3. The number of rotatable bonds is 3. The van der Waals surface area contributed by atoms with E-state index < -0.39 is 15.7 Å². The summed E-state index contributed by atoms with van der Waals surface area (Å²) in [6.45, 7) is 1.68. The van der Waals surface area contributed by atoms with E-state index in [-0.39, 0.29) is 16.5 Å². The van der Waals surface area contributed by atoms with E-state index in [1.54, 1.807) is 13.0 Å². The Balaban J connectivity index is 2.19. The van der Waals surface area contributed by atoms with Gasteiger partial charge in [0.15, 0.2) is 0 Å². The summed E-state index contributed by atoms with van der Waals surface area (Å²) in [6.07, 6.45) is 0.381. The molecule has 0 aliphatic heterocycles. The van der Waals surface area contributed by atoms with Gasteiger partial charge in [-0.05, 0) is 31.5 Å². The second-order valence-corrected chi connectivity index (χ2v) is 6.74. The average molecular weight is 337 g/mol. The minimum absolute atomic E-state index is 0.177. The van der Waals surface area contributed by atoms with Crippen LogP contribution in [0.5, 0.6) is 0 Å². The highest BCUT2D eigenvalue weighted by atomic mass is 35.5. The molecule has 1 amide bonds. The largest absolute Gasteiger partial charge is 0.465 e. The van der Waals surface area contributed by atoms with Crippen molar-refractivity contribution in [1.29, 1.82) is 0 Å². The molecule has 0 saturated heterocycles. The number of benzene rings is 1. The van der Waals surface area contributed by atoms with Gasteiger partial charge in [0.1, 0.15) is 4.33 Å². The molecule has 7 heteroatoms. The molecule has 1 saturated carbocycles. The first kappa shape index (κ1) is 15.4. The first-order chi connectivity index (χ1) is 9.21. The second kappa shape index (κ2) is 5.10. The minimum Gasteiger partial charge on any atom is -0.465 e. The lowest BCUT2D eigenvalue weighted by molar-refractivity contribution is -0.120. The molecule has 4 nitrogen and oxygen atoms in total. The lowest BCUT2D eigenvalue weighted by Crippen LogP contribution is -2.26. The molecule has 1 aromatic carbocycles. The molecule has 1 N–H and O–H groups in total. The summed E-state index contributed by atoms with van der Waals surface area (Å²) in [5.41, 5.74) is -0.228. The highest BCUT2D eigenvalue weighted by Crippen LogP contribution is 2.64. The van der Waals surface area contributed by atoms with Crippen molar-refractivity contribution < 1.29 is 14.3 Å². The number of carbonyl (C=O) groups excluding carboxylic acids is 2. The number of methoxy groups -OCH3 is 1. The smallest absolute Gasteiger partial charge is 0.339 e. The summed E-state index contributed by atoms with van der Waals surface area (Å²) >= 11 is 17.8. The number of alkyl halides is 2. The van der Waals surface area contributed by atoms with Gasteiger partial charge in [-0.25, -0.2) is 4.79 Å². The van der Waals surface area contributed by atoms with Crippen LogP contribution < -0.4 is 5.32 Å². The third kappa shape index (κ3) is 2.60. The van der Waals surface area contributed by atoms with Gasteiger partial charge in [0.2, 0.25) is 5.91 Å². The number of carbonyl (C=O) groups is 2. The highest BCUT2D eigenvalue weighted by molar-refractivity contribution is 6.53. The number of hydrogen-bond acceptors (Lipinski definition) is 3. The molecule has 0 radical (unpaired) electrons. The Labute approximate surface area is 131 Å². The number of anilines is 1. The quantitative estimate of drug-likeness (QED) is 0.677. The Kier molecular flexibility index (Phi) is 3.93. The molecule has 20 heavy (non-hydrogen) atoms. The van der Waals surface area contributed by atoms with Crippen LogP contribution in [-0.2, 0) is 9.53 Å². The predicted octanol–water partition coefficient (Wildman–Crippen LogP) is 3.65. The summed E-state index contributed by atoms with van der Waals surface area (Å²) in [4.78, 5) is 23.6. The molecular weight excluding hydrogens is 325 g/mol. The molecule has 0 bridgehead atoms. The maximum atomic E-state index is 12.1. The monoisotopic (exact) mass is 335 g/mol. The van der Waals surface area contributed by atoms with Crippen molar-refractivity contribution in [3.63, 3.8) is 0 Å². The Morgan fingerprint density at radius 3 is 2.45 bits per heavy atom. The van der Waals surface area contributed by atoms with Crippen molar-refractivity contribution in [3.05, 3.63) is 28.8 Å². The predicted molar refractivity (Wildman–Crippen MR) is 78.6 cm³/mol. The molecule has 0 spiro atoms. The van der Waals surface area contributed by atoms with Crippen molar-refractivity contribution in [1.82, 2.24) is 0 Å². The van der Waals surface area contributed by atoms with E-state index in [1.165, 1.54) is 19.2 Å². The van der Waals surface area contributed by atoms with Crippen LogP contribution in [0.1, 0.15) is 23.7 Å². The van der Waals surface area contributed by atoms with Crippen LogP contribution >= 0.6 is 34.8 Å². The normalized spacial score (nSPS) is 23.1. The summed E-state index contributed by atoms with van der Waals surface area (Å²) < 4.78 is 3.56. The van der Waals surface area contributed by atoms with Crippen LogP contribution in [0.2, 0.25) is 5.02 Å². The highest BCUT2D eigenvalue weighted by Gasteiger charge is 2.67. The molecule has 108 valence electrons. The zero-order valence-electron chi connectivity index (χ0n) is 10.8. The number of amides is 1. The topological polar surface area (TPSA) is 55.4 Å². The molecule has 2 rings (SSSR count). The van der Waals surface area contributed by atoms with Crippen molar-refractivity contribution >= 4 is 52.4 Å². The number of halogens is 3. The van der Waals surface area contributed by atoms with Gasteiger partial charge in [-0.15, -0.1) is 23.2 Å². The summed E-state index contributed by atoms with van der Waals surface area (Å²) in [7, 11) is 1.25. The maximum absolute atomic E-state index is 12.1. The van der Waals surface area contributed by atoms with Crippen LogP contribution in [0, 0.1) is 5.41 Å². The summed E-state index contributed by atoms with van der Waals surface area (Å²) in [5, 5.41) is 2.92. The van der Waals surface area contributed by atoms with Gasteiger partial charge >= 0.3 is 5.97 Å². The van der Waals surface area contributed by atoms with Crippen molar-refractivity contribution in [3.8, 4) is 0 Å². The molecule has 1 aliphatic carbocycles. The number of ether oxygens (including phenoxy) is 1. The van der Waals surface area contributed by atoms with Gasteiger partial charge in [-0.3, -0.25) is 4.79 Å². The molecule has 0 heterocycles. The Bertz CT molecular complexity index is 588. The van der Waals surface area contributed by atoms with E-state index >= 15 is 0 Å². The van der Waals surface area contributed by atoms with Crippen molar-refractivity contribution in [2.45, 2.75) is 17.7 Å². The lowest BCUT2D eigenvalue weighted by atomic mass is 10.1. The fourth-order valence-corrected chi connectivity index (χ4v) is 2.69. The summed E-state index contributed by atoms with van der Waals surface area (Å²) in [6, 6.07) is 4.54. The van der Waals surface area contributed by atoms with Crippen LogP contribution in [0.15, 0.2) is 18.2 Å². The number of nitrogens with one attached hydrogen (secondary N) is 1. The fourth-order valence-electron chi connectivity index (χ4n) is 1.78. The zero-order chi connectivity index (χ0) is 15.1. The zero-order valence-corrected chi connectivity index (χ0v) is 13.1. The van der Waals surface area contributed by atoms with E-state index in [0.29, 0.717) is 12.1 Å².